The Labute approximate surface area is 128 Å². The van der Waals surface area contributed by atoms with E-state index in [1.807, 2.05) is 0 Å². The number of amides is 1. The van der Waals surface area contributed by atoms with Crippen LogP contribution in [-0.2, 0) is 4.79 Å². The average molecular weight is 315 g/mol. The Kier molecular flexibility index (Phi) is 5.96. The predicted octanol–water partition coefficient (Wildman–Crippen LogP) is 2.70. The number of rotatable bonds is 7. The molecule has 0 N–H and O–H groups in total. The quantitative estimate of drug-likeness (QED) is 0.440. The smallest absolute Gasteiger partial charge is 0.269 e. The molecule has 0 spiro atoms. The van der Waals surface area contributed by atoms with E-state index >= 15 is 0 Å². The van der Waals surface area contributed by atoms with Gasteiger partial charge in [-0.2, -0.15) is 0 Å². The number of carbonyl (C=O) groups is 1. The summed E-state index contributed by atoms with van der Waals surface area (Å²) in [7, 11) is 1.69. The van der Waals surface area contributed by atoms with Crippen LogP contribution in [0.15, 0.2) is 24.3 Å². The van der Waals surface area contributed by atoms with Gasteiger partial charge in [-0.1, -0.05) is 0 Å². The number of halogens is 1. The van der Waals surface area contributed by atoms with E-state index < -0.39 is 10.3 Å². The van der Waals surface area contributed by atoms with Gasteiger partial charge in [0, 0.05) is 25.1 Å². The van der Waals surface area contributed by atoms with Gasteiger partial charge in [0.1, 0.15) is 12.4 Å². The zero-order valence-corrected chi connectivity index (χ0v) is 13.1. The molecule has 0 aliphatic heterocycles. The summed E-state index contributed by atoms with van der Waals surface area (Å²) in [5.41, 5.74) is -0.595. The van der Waals surface area contributed by atoms with Gasteiger partial charge in [0.25, 0.3) is 5.69 Å². The highest BCUT2D eigenvalue weighted by atomic mass is 35.5. The molecule has 116 valence electrons. The van der Waals surface area contributed by atoms with Crippen molar-refractivity contribution in [2.45, 2.75) is 13.8 Å². The summed E-state index contributed by atoms with van der Waals surface area (Å²) in [6.07, 6.45) is 0. The van der Waals surface area contributed by atoms with Crippen molar-refractivity contribution in [3.8, 4) is 5.75 Å². The number of nitro groups is 1. The first-order valence-electron chi connectivity index (χ1n) is 6.46. The van der Waals surface area contributed by atoms with Crippen molar-refractivity contribution in [1.82, 2.24) is 4.90 Å². The SMILES string of the molecule is CN(CCOc1ccc([N+](=O)[O-])cc1)C(=O)C(C)(C)CCl. The number of nitrogens with zero attached hydrogens (tertiary/aromatic N) is 2. The van der Waals surface area contributed by atoms with E-state index in [2.05, 4.69) is 0 Å². The van der Waals surface area contributed by atoms with Crippen LogP contribution in [0.4, 0.5) is 5.69 Å². The number of nitro benzene ring substituents is 1. The summed E-state index contributed by atoms with van der Waals surface area (Å²) in [5, 5.41) is 10.5. The standard InChI is InChI=1S/C14H19ClN2O4/c1-14(2,10-15)13(18)16(3)8-9-21-12-6-4-11(5-7-12)17(19)20/h4-7H,8-10H2,1-3H3. The van der Waals surface area contributed by atoms with Crippen LogP contribution in [0.1, 0.15) is 13.8 Å². The third-order valence-electron chi connectivity index (χ3n) is 3.00. The molecule has 1 rings (SSSR count). The Balaban J connectivity index is 2.46. The van der Waals surface area contributed by atoms with Gasteiger partial charge in [0.15, 0.2) is 0 Å². The molecule has 0 radical (unpaired) electrons. The van der Waals surface area contributed by atoms with Crippen molar-refractivity contribution in [3.63, 3.8) is 0 Å². The summed E-state index contributed by atoms with van der Waals surface area (Å²) in [4.78, 5) is 23.7. The molecule has 0 heterocycles. The number of ether oxygens (including phenoxy) is 1. The Morgan fingerprint density at radius 3 is 2.43 bits per heavy atom. The highest BCUT2D eigenvalue weighted by Crippen LogP contribution is 2.20. The minimum Gasteiger partial charge on any atom is -0.492 e. The van der Waals surface area contributed by atoms with Crippen LogP contribution in [0.2, 0.25) is 0 Å². The van der Waals surface area contributed by atoms with Crippen LogP contribution in [0.5, 0.6) is 5.75 Å². The summed E-state index contributed by atoms with van der Waals surface area (Å²) in [6.45, 7) is 4.29. The summed E-state index contributed by atoms with van der Waals surface area (Å²) in [6, 6.07) is 5.81. The lowest BCUT2D eigenvalue weighted by Crippen LogP contribution is -2.41. The van der Waals surface area contributed by atoms with Gasteiger partial charge in [-0.15, -0.1) is 11.6 Å². The highest BCUT2D eigenvalue weighted by molar-refractivity contribution is 6.19. The monoisotopic (exact) mass is 314 g/mol. The molecule has 21 heavy (non-hydrogen) atoms. The summed E-state index contributed by atoms with van der Waals surface area (Å²) < 4.78 is 5.46. The fourth-order valence-corrected chi connectivity index (χ4v) is 1.75. The van der Waals surface area contributed by atoms with E-state index in [0.29, 0.717) is 18.9 Å². The van der Waals surface area contributed by atoms with Crippen LogP contribution >= 0.6 is 11.6 Å². The second-order valence-corrected chi connectivity index (χ2v) is 5.61. The van der Waals surface area contributed by atoms with E-state index in [-0.39, 0.29) is 17.5 Å². The number of likely N-dealkylation sites (N-methyl/N-ethyl adjacent to an activating group) is 1. The van der Waals surface area contributed by atoms with Crippen molar-refractivity contribution in [2.24, 2.45) is 5.41 Å². The topological polar surface area (TPSA) is 72.7 Å². The van der Waals surface area contributed by atoms with Gasteiger partial charge in [-0.3, -0.25) is 14.9 Å². The van der Waals surface area contributed by atoms with Crippen molar-refractivity contribution in [3.05, 3.63) is 34.4 Å². The molecule has 0 fully saturated rings. The highest BCUT2D eigenvalue weighted by Gasteiger charge is 2.29. The molecular formula is C14H19ClN2O4. The largest absolute Gasteiger partial charge is 0.492 e. The third kappa shape index (κ3) is 4.90. The minimum absolute atomic E-state index is 0.0125. The second kappa shape index (κ2) is 7.26. The fourth-order valence-electron chi connectivity index (χ4n) is 1.64. The molecule has 0 bridgehead atoms. The predicted molar refractivity (Wildman–Crippen MR) is 80.7 cm³/mol. The Hall–Kier alpha value is -1.82. The normalized spacial score (nSPS) is 11.0. The van der Waals surface area contributed by atoms with Crippen molar-refractivity contribution < 1.29 is 14.5 Å². The Bertz CT molecular complexity index is 502. The maximum atomic E-state index is 12.1. The molecule has 6 nitrogen and oxygen atoms in total. The number of carbonyl (C=O) groups excluding carboxylic acids is 1. The van der Waals surface area contributed by atoms with E-state index in [1.54, 1.807) is 25.8 Å². The zero-order chi connectivity index (χ0) is 16.0. The number of hydrogen-bond acceptors (Lipinski definition) is 4. The lowest BCUT2D eigenvalue weighted by molar-refractivity contribution is -0.384. The number of hydrogen-bond donors (Lipinski definition) is 0. The molecule has 0 unspecified atom stereocenters. The molecule has 0 aliphatic rings. The molecule has 7 heteroatoms. The first-order valence-corrected chi connectivity index (χ1v) is 7.00. The second-order valence-electron chi connectivity index (χ2n) is 5.34. The van der Waals surface area contributed by atoms with Gasteiger partial charge in [0.2, 0.25) is 5.91 Å². The van der Waals surface area contributed by atoms with Crippen molar-refractivity contribution >= 4 is 23.2 Å². The van der Waals surface area contributed by atoms with Crippen LogP contribution in [-0.4, -0.2) is 41.8 Å². The van der Waals surface area contributed by atoms with Crippen LogP contribution < -0.4 is 4.74 Å². The Morgan fingerprint density at radius 1 is 1.38 bits per heavy atom. The molecule has 0 saturated carbocycles. The number of benzene rings is 1. The first-order chi connectivity index (χ1) is 9.77. The van der Waals surface area contributed by atoms with E-state index in [0.717, 1.165) is 0 Å². The van der Waals surface area contributed by atoms with Gasteiger partial charge >= 0.3 is 0 Å². The van der Waals surface area contributed by atoms with Gasteiger partial charge in [0.05, 0.1) is 16.9 Å². The molecule has 0 aromatic heterocycles. The molecule has 1 amide bonds. The van der Waals surface area contributed by atoms with E-state index in [9.17, 15) is 14.9 Å². The lowest BCUT2D eigenvalue weighted by atomic mass is 9.94. The van der Waals surface area contributed by atoms with Gasteiger partial charge in [-0.05, 0) is 26.0 Å². The minimum atomic E-state index is -0.607. The number of alkyl halides is 1. The van der Waals surface area contributed by atoms with Crippen LogP contribution in [0, 0.1) is 15.5 Å². The summed E-state index contributed by atoms with van der Waals surface area (Å²) in [5.74, 6) is 0.724. The molecular weight excluding hydrogens is 296 g/mol. The first kappa shape index (κ1) is 17.2. The van der Waals surface area contributed by atoms with Crippen LogP contribution in [0.25, 0.3) is 0 Å². The van der Waals surface area contributed by atoms with Gasteiger partial charge < -0.3 is 9.64 Å². The third-order valence-corrected chi connectivity index (χ3v) is 3.67. The molecule has 1 aromatic rings. The van der Waals surface area contributed by atoms with E-state index in [4.69, 9.17) is 16.3 Å². The Morgan fingerprint density at radius 2 is 1.95 bits per heavy atom. The average Bonchev–Trinajstić information content (AvgIpc) is 2.46. The van der Waals surface area contributed by atoms with Gasteiger partial charge in [-0.25, -0.2) is 0 Å². The maximum absolute atomic E-state index is 12.1. The van der Waals surface area contributed by atoms with Crippen LogP contribution in [0.3, 0.4) is 0 Å². The summed E-state index contributed by atoms with van der Waals surface area (Å²) >= 11 is 5.77. The maximum Gasteiger partial charge on any atom is 0.269 e. The van der Waals surface area contributed by atoms with E-state index in [1.165, 1.54) is 24.3 Å². The molecule has 0 atom stereocenters. The molecule has 0 aliphatic carbocycles. The fraction of sp³-hybridized carbons (Fsp3) is 0.500. The zero-order valence-electron chi connectivity index (χ0n) is 12.3. The molecule has 0 saturated heterocycles. The van der Waals surface area contributed by atoms with Crippen molar-refractivity contribution in [1.29, 1.82) is 0 Å². The number of non-ortho nitro benzene ring substituents is 1. The molecule has 1 aromatic carbocycles. The lowest BCUT2D eigenvalue weighted by Gasteiger charge is -2.27. The van der Waals surface area contributed by atoms with Crippen molar-refractivity contribution in [2.75, 3.05) is 26.1 Å².